The molecule has 0 saturated carbocycles. The summed E-state index contributed by atoms with van der Waals surface area (Å²) in [5.41, 5.74) is 0.183. The van der Waals surface area contributed by atoms with E-state index in [1.807, 2.05) is 0 Å². The number of amides is 3. The first-order valence-corrected chi connectivity index (χ1v) is 5.87. The Hall–Kier alpha value is -2.57. The summed E-state index contributed by atoms with van der Waals surface area (Å²) >= 11 is 0. The number of anilines is 1. The van der Waals surface area contributed by atoms with Gasteiger partial charge in [-0.1, -0.05) is 12.1 Å². The molecule has 3 amide bonds. The summed E-state index contributed by atoms with van der Waals surface area (Å²) in [4.78, 5) is 37.0. The minimum atomic E-state index is -1.13. The summed E-state index contributed by atoms with van der Waals surface area (Å²) in [6.07, 6.45) is 0. The van der Waals surface area contributed by atoms with Crippen LogP contribution in [0.15, 0.2) is 24.3 Å². The Kier molecular flexibility index (Phi) is 5.08. The SMILES string of the molecule is CN(C)C(=O)CN(C)C(=O)Nc1ccccc1C(=O)O. The third-order valence-corrected chi connectivity index (χ3v) is 2.62. The van der Waals surface area contributed by atoms with Gasteiger partial charge in [0.05, 0.1) is 11.3 Å². The van der Waals surface area contributed by atoms with Crippen LogP contribution in [0, 0.1) is 0 Å². The maximum atomic E-state index is 11.9. The molecule has 0 radical (unpaired) electrons. The van der Waals surface area contributed by atoms with Crippen molar-refractivity contribution in [3.8, 4) is 0 Å². The monoisotopic (exact) mass is 279 g/mol. The Bertz CT molecular complexity index is 528. The summed E-state index contributed by atoms with van der Waals surface area (Å²) in [7, 11) is 4.64. The van der Waals surface area contributed by atoms with Crippen LogP contribution in [0.1, 0.15) is 10.4 Å². The molecule has 108 valence electrons. The van der Waals surface area contributed by atoms with Crippen molar-refractivity contribution < 1.29 is 19.5 Å². The molecule has 0 bridgehead atoms. The number of urea groups is 1. The van der Waals surface area contributed by atoms with Crippen molar-refractivity contribution in [2.45, 2.75) is 0 Å². The largest absolute Gasteiger partial charge is 0.478 e. The Morgan fingerprint density at radius 2 is 1.75 bits per heavy atom. The third kappa shape index (κ3) is 3.98. The molecule has 20 heavy (non-hydrogen) atoms. The van der Waals surface area contributed by atoms with Crippen molar-refractivity contribution in [2.24, 2.45) is 0 Å². The average Bonchev–Trinajstić information content (AvgIpc) is 2.38. The number of carbonyl (C=O) groups is 3. The van der Waals surface area contributed by atoms with Crippen molar-refractivity contribution in [1.29, 1.82) is 0 Å². The van der Waals surface area contributed by atoms with Gasteiger partial charge < -0.3 is 20.2 Å². The van der Waals surface area contributed by atoms with Gasteiger partial charge in [0.2, 0.25) is 5.91 Å². The van der Waals surface area contributed by atoms with Crippen molar-refractivity contribution >= 4 is 23.6 Å². The molecular formula is C13H17N3O4. The van der Waals surface area contributed by atoms with Crippen LogP contribution >= 0.6 is 0 Å². The minimum absolute atomic E-state index is 0.00631. The normalized spacial score (nSPS) is 9.75. The number of nitrogens with zero attached hydrogens (tertiary/aromatic N) is 2. The molecule has 7 nitrogen and oxygen atoms in total. The van der Waals surface area contributed by atoms with Crippen LogP contribution in [0.2, 0.25) is 0 Å². The average molecular weight is 279 g/mol. The topological polar surface area (TPSA) is 90.0 Å². The predicted molar refractivity (Wildman–Crippen MR) is 73.7 cm³/mol. The number of likely N-dealkylation sites (N-methyl/N-ethyl adjacent to an activating group) is 2. The van der Waals surface area contributed by atoms with E-state index in [0.29, 0.717) is 0 Å². The highest BCUT2D eigenvalue weighted by Gasteiger charge is 2.16. The summed E-state index contributed by atoms with van der Waals surface area (Å²) in [6.45, 7) is -0.0892. The van der Waals surface area contributed by atoms with Crippen molar-refractivity contribution in [3.63, 3.8) is 0 Å². The van der Waals surface area contributed by atoms with E-state index < -0.39 is 12.0 Å². The lowest BCUT2D eigenvalue weighted by atomic mass is 10.2. The van der Waals surface area contributed by atoms with E-state index in [1.54, 1.807) is 26.2 Å². The number of benzene rings is 1. The zero-order valence-electron chi connectivity index (χ0n) is 11.6. The van der Waals surface area contributed by atoms with Gasteiger partial charge in [-0.2, -0.15) is 0 Å². The molecule has 1 aromatic rings. The summed E-state index contributed by atoms with van der Waals surface area (Å²) in [6, 6.07) is 5.52. The molecule has 0 fully saturated rings. The lowest BCUT2D eigenvalue weighted by molar-refractivity contribution is -0.129. The molecule has 0 aromatic heterocycles. The van der Waals surface area contributed by atoms with Gasteiger partial charge in [0, 0.05) is 21.1 Å². The maximum Gasteiger partial charge on any atom is 0.337 e. The lowest BCUT2D eigenvalue weighted by Gasteiger charge is -2.20. The predicted octanol–water partition coefficient (Wildman–Crippen LogP) is 0.937. The molecule has 1 aromatic carbocycles. The summed E-state index contributed by atoms with van der Waals surface area (Å²) in [5, 5.41) is 11.5. The second-order valence-electron chi connectivity index (χ2n) is 4.43. The van der Waals surface area contributed by atoms with E-state index >= 15 is 0 Å². The van der Waals surface area contributed by atoms with Crippen molar-refractivity contribution in [2.75, 3.05) is 33.0 Å². The number of carboxylic acids is 1. The number of hydrogen-bond donors (Lipinski definition) is 2. The van der Waals surface area contributed by atoms with E-state index in [2.05, 4.69) is 5.32 Å². The molecule has 1 rings (SSSR count). The molecule has 0 spiro atoms. The fraction of sp³-hybridized carbons (Fsp3) is 0.308. The van der Waals surface area contributed by atoms with Crippen LogP contribution in [0.5, 0.6) is 0 Å². The fourth-order valence-corrected chi connectivity index (χ4v) is 1.41. The van der Waals surface area contributed by atoms with E-state index in [-0.39, 0.29) is 23.7 Å². The third-order valence-electron chi connectivity index (χ3n) is 2.62. The van der Waals surface area contributed by atoms with E-state index in [4.69, 9.17) is 5.11 Å². The Labute approximate surface area is 116 Å². The smallest absolute Gasteiger partial charge is 0.337 e. The molecule has 0 aliphatic carbocycles. The standard InChI is InChI=1S/C13H17N3O4/c1-15(2)11(17)8-16(3)13(20)14-10-7-5-4-6-9(10)12(18)19/h4-7H,8H2,1-3H3,(H,14,20)(H,18,19). The quantitative estimate of drug-likeness (QED) is 0.858. The van der Waals surface area contributed by atoms with Gasteiger partial charge in [0.1, 0.15) is 6.54 Å². The van der Waals surface area contributed by atoms with Gasteiger partial charge in [0.15, 0.2) is 0 Å². The van der Waals surface area contributed by atoms with Gasteiger partial charge in [-0.25, -0.2) is 9.59 Å². The fourth-order valence-electron chi connectivity index (χ4n) is 1.41. The van der Waals surface area contributed by atoms with E-state index in [0.717, 1.165) is 0 Å². The van der Waals surface area contributed by atoms with Crippen LogP contribution in [0.4, 0.5) is 10.5 Å². The Morgan fingerprint density at radius 3 is 2.30 bits per heavy atom. The first kappa shape index (κ1) is 15.5. The van der Waals surface area contributed by atoms with Gasteiger partial charge in [0.25, 0.3) is 0 Å². The van der Waals surface area contributed by atoms with Crippen LogP contribution < -0.4 is 5.32 Å². The second-order valence-corrected chi connectivity index (χ2v) is 4.43. The second kappa shape index (κ2) is 6.55. The number of rotatable bonds is 4. The van der Waals surface area contributed by atoms with Crippen LogP contribution in [-0.4, -0.2) is 60.5 Å². The first-order valence-electron chi connectivity index (χ1n) is 5.87. The molecular weight excluding hydrogens is 262 g/mol. The van der Waals surface area contributed by atoms with Crippen LogP contribution in [-0.2, 0) is 4.79 Å². The number of carboxylic acid groups (broad SMARTS) is 1. The van der Waals surface area contributed by atoms with Crippen molar-refractivity contribution in [3.05, 3.63) is 29.8 Å². The zero-order chi connectivity index (χ0) is 15.3. The zero-order valence-corrected chi connectivity index (χ0v) is 11.6. The number of carbonyl (C=O) groups excluding carboxylic acids is 2. The van der Waals surface area contributed by atoms with Crippen molar-refractivity contribution in [1.82, 2.24) is 9.80 Å². The molecule has 0 atom stereocenters. The number of para-hydroxylation sites is 1. The van der Waals surface area contributed by atoms with Gasteiger partial charge in [-0.3, -0.25) is 4.79 Å². The number of hydrogen-bond acceptors (Lipinski definition) is 3. The Morgan fingerprint density at radius 1 is 1.15 bits per heavy atom. The molecule has 0 heterocycles. The molecule has 2 N–H and O–H groups in total. The highest BCUT2D eigenvalue weighted by atomic mass is 16.4. The molecule has 0 saturated heterocycles. The number of nitrogens with one attached hydrogen (secondary N) is 1. The summed E-state index contributed by atoms with van der Waals surface area (Å²) < 4.78 is 0. The van der Waals surface area contributed by atoms with E-state index in [1.165, 1.54) is 29.0 Å². The summed E-state index contributed by atoms with van der Waals surface area (Å²) in [5.74, 6) is -1.36. The van der Waals surface area contributed by atoms with Gasteiger partial charge in [-0.15, -0.1) is 0 Å². The van der Waals surface area contributed by atoms with Gasteiger partial charge in [-0.05, 0) is 12.1 Å². The molecule has 7 heteroatoms. The lowest BCUT2D eigenvalue weighted by Crippen LogP contribution is -2.40. The highest BCUT2D eigenvalue weighted by Crippen LogP contribution is 2.15. The van der Waals surface area contributed by atoms with E-state index in [9.17, 15) is 14.4 Å². The molecule has 0 aliphatic rings. The molecule has 0 aliphatic heterocycles. The first-order chi connectivity index (χ1) is 9.32. The minimum Gasteiger partial charge on any atom is -0.478 e. The van der Waals surface area contributed by atoms with Crippen LogP contribution in [0.3, 0.4) is 0 Å². The van der Waals surface area contributed by atoms with Crippen LogP contribution in [0.25, 0.3) is 0 Å². The number of aromatic carboxylic acids is 1. The Balaban J connectivity index is 2.76. The molecule has 0 unspecified atom stereocenters. The van der Waals surface area contributed by atoms with Gasteiger partial charge >= 0.3 is 12.0 Å². The maximum absolute atomic E-state index is 11.9. The highest BCUT2D eigenvalue weighted by molar-refractivity contribution is 6.00.